The molecule has 0 N–H and O–H groups in total. The molecule has 102 valence electrons. The fourth-order valence-corrected chi connectivity index (χ4v) is 1.32. The molecule has 0 radical (unpaired) electrons. The maximum Gasteiger partial charge on any atom is 0.341 e. The van der Waals surface area contributed by atoms with Crippen LogP contribution in [0.5, 0.6) is 5.75 Å². The van der Waals surface area contributed by atoms with Gasteiger partial charge in [0.2, 0.25) is 0 Å². The minimum Gasteiger partial charge on any atom is -0.467 e. The van der Waals surface area contributed by atoms with E-state index in [9.17, 15) is 4.79 Å². The van der Waals surface area contributed by atoms with Crippen molar-refractivity contribution in [1.29, 1.82) is 0 Å². The molecule has 0 aliphatic carbocycles. The molecule has 1 aromatic rings. The molecule has 0 fully saturated rings. The van der Waals surface area contributed by atoms with Gasteiger partial charge < -0.3 is 18.9 Å². The zero-order chi connectivity index (χ0) is 14.1. The van der Waals surface area contributed by atoms with Crippen LogP contribution in [0.4, 0.5) is 0 Å². The molecule has 0 bridgehead atoms. The van der Waals surface area contributed by atoms with Crippen molar-refractivity contribution in [3.63, 3.8) is 0 Å². The van der Waals surface area contributed by atoms with Crippen molar-refractivity contribution in [2.75, 3.05) is 34.2 Å². The third kappa shape index (κ3) is 4.62. The first-order valence-electron chi connectivity index (χ1n) is 5.61. The Morgan fingerprint density at radius 2 is 2.11 bits per heavy atom. The number of hydrogen-bond donors (Lipinski definition) is 0. The fraction of sp³-hybridized carbons (Fsp3) is 0.357. The molecule has 1 rings (SSSR count). The monoisotopic (exact) mass is 264 g/mol. The average Bonchev–Trinajstić information content (AvgIpc) is 2.46. The van der Waals surface area contributed by atoms with Gasteiger partial charge in [-0.3, -0.25) is 0 Å². The number of benzene rings is 1. The number of ether oxygens (including phenoxy) is 4. The molecule has 0 saturated carbocycles. The summed E-state index contributed by atoms with van der Waals surface area (Å²) < 4.78 is 20.0. The van der Waals surface area contributed by atoms with E-state index in [4.69, 9.17) is 20.6 Å². The minimum atomic E-state index is -0.510. The van der Waals surface area contributed by atoms with Gasteiger partial charge in [-0.1, -0.05) is 5.92 Å². The van der Waals surface area contributed by atoms with Gasteiger partial charge in [-0.2, -0.15) is 0 Å². The molecule has 0 heterocycles. The highest BCUT2D eigenvalue weighted by Gasteiger charge is 2.13. The van der Waals surface area contributed by atoms with Crippen molar-refractivity contribution in [2.45, 2.75) is 0 Å². The molecule has 0 unspecified atom stereocenters. The van der Waals surface area contributed by atoms with Crippen LogP contribution in [-0.4, -0.2) is 40.2 Å². The summed E-state index contributed by atoms with van der Waals surface area (Å²) in [6, 6.07) is 4.83. The van der Waals surface area contributed by atoms with E-state index >= 15 is 0 Å². The Morgan fingerprint density at radius 1 is 1.32 bits per heavy atom. The van der Waals surface area contributed by atoms with Crippen molar-refractivity contribution >= 4 is 5.97 Å². The van der Waals surface area contributed by atoms with E-state index in [1.165, 1.54) is 13.2 Å². The maximum absolute atomic E-state index is 11.6. The lowest BCUT2D eigenvalue weighted by Gasteiger charge is -2.11. The second-order valence-electron chi connectivity index (χ2n) is 3.51. The number of esters is 1. The van der Waals surface area contributed by atoms with Crippen LogP contribution >= 0.6 is 0 Å². The van der Waals surface area contributed by atoms with E-state index in [-0.39, 0.29) is 12.4 Å². The molecule has 0 amide bonds. The van der Waals surface area contributed by atoms with Crippen LogP contribution in [0, 0.1) is 12.3 Å². The van der Waals surface area contributed by atoms with Crippen LogP contribution in [0.25, 0.3) is 0 Å². The summed E-state index contributed by atoms with van der Waals surface area (Å²) in [4.78, 5) is 11.6. The molecule has 0 atom stereocenters. The normalized spacial score (nSPS) is 9.74. The predicted molar refractivity (Wildman–Crippen MR) is 69.0 cm³/mol. The van der Waals surface area contributed by atoms with Gasteiger partial charge >= 0.3 is 5.97 Å². The second-order valence-corrected chi connectivity index (χ2v) is 3.51. The third-order valence-electron chi connectivity index (χ3n) is 2.28. The summed E-state index contributed by atoms with van der Waals surface area (Å²) in [5.74, 6) is 2.30. The van der Waals surface area contributed by atoms with Gasteiger partial charge in [0.15, 0.2) is 6.79 Å². The molecule has 0 spiro atoms. The zero-order valence-electron chi connectivity index (χ0n) is 11.0. The van der Waals surface area contributed by atoms with Crippen LogP contribution < -0.4 is 4.74 Å². The zero-order valence-corrected chi connectivity index (χ0v) is 11.0. The van der Waals surface area contributed by atoms with Gasteiger partial charge in [0.1, 0.15) is 11.3 Å². The first kappa shape index (κ1) is 15.0. The summed E-state index contributed by atoms with van der Waals surface area (Å²) in [7, 11) is 2.88. The van der Waals surface area contributed by atoms with Gasteiger partial charge in [-0.25, -0.2) is 4.79 Å². The summed E-state index contributed by atoms with van der Waals surface area (Å²) in [5, 5.41) is 0. The number of methoxy groups -OCH3 is 2. The van der Waals surface area contributed by atoms with E-state index in [0.29, 0.717) is 24.5 Å². The van der Waals surface area contributed by atoms with Crippen molar-refractivity contribution in [1.82, 2.24) is 0 Å². The molecule has 1 aromatic carbocycles. The Kier molecular flexibility index (Phi) is 6.44. The number of rotatable bonds is 7. The highest BCUT2D eigenvalue weighted by atomic mass is 16.7. The lowest BCUT2D eigenvalue weighted by atomic mass is 10.1. The standard InChI is InChI=1S/C14H16O5/c1-4-11-5-6-13(12(9-11)14(15)17-3)19-10-18-8-7-16-2/h1,5-6,9H,7-8,10H2,2-3H3. The van der Waals surface area contributed by atoms with Crippen molar-refractivity contribution < 1.29 is 23.7 Å². The lowest BCUT2D eigenvalue weighted by Crippen LogP contribution is -2.11. The molecule has 0 saturated heterocycles. The number of terminal acetylenes is 1. The minimum absolute atomic E-state index is 0.0166. The smallest absolute Gasteiger partial charge is 0.341 e. The Bertz CT molecular complexity index is 461. The SMILES string of the molecule is C#Cc1ccc(OCOCCOC)c(C(=O)OC)c1. The first-order chi connectivity index (χ1) is 9.22. The van der Waals surface area contributed by atoms with Crippen LogP contribution in [0.15, 0.2) is 18.2 Å². The summed E-state index contributed by atoms with van der Waals surface area (Å²) in [5.41, 5.74) is 0.848. The van der Waals surface area contributed by atoms with Crippen LogP contribution in [0.3, 0.4) is 0 Å². The van der Waals surface area contributed by atoms with Gasteiger partial charge in [0.05, 0.1) is 20.3 Å². The summed E-state index contributed by atoms with van der Waals surface area (Å²) in [6.07, 6.45) is 5.28. The Hall–Kier alpha value is -2.03. The van der Waals surface area contributed by atoms with Crippen LogP contribution in [0.1, 0.15) is 15.9 Å². The van der Waals surface area contributed by atoms with E-state index in [2.05, 4.69) is 10.7 Å². The summed E-state index contributed by atoms with van der Waals surface area (Å²) >= 11 is 0. The Balaban J connectivity index is 2.71. The van der Waals surface area contributed by atoms with E-state index in [1.807, 2.05) is 0 Å². The number of carbonyl (C=O) groups is 1. The van der Waals surface area contributed by atoms with Gasteiger partial charge in [0.25, 0.3) is 0 Å². The Morgan fingerprint density at radius 3 is 2.74 bits per heavy atom. The lowest BCUT2D eigenvalue weighted by molar-refractivity contribution is -0.00906. The van der Waals surface area contributed by atoms with Gasteiger partial charge in [0, 0.05) is 12.7 Å². The number of hydrogen-bond acceptors (Lipinski definition) is 5. The fourth-order valence-electron chi connectivity index (χ4n) is 1.32. The highest BCUT2D eigenvalue weighted by molar-refractivity contribution is 5.92. The largest absolute Gasteiger partial charge is 0.467 e. The Labute approximate surface area is 112 Å². The van der Waals surface area contributed by atoms with E-state index < -0.39 is 5.97 Å². The summed E-state index contributed by atoms with van der Waals surface area (Å²) in [6.45, 7) is 0.901. The molecule has 0 aliphatic heterocycles. The molecule has 5 heteroatoms. The second kappa shape index (κ2) is 8.14. The van der Waals surface area contributed by atoms with Crippen molar-refractivity contribution in [2.24, 2.45) is 0 Å². The molecular formula is C14H16O5. The van der Waals surface area contributed by atoms with Crippen molar-refractivity contribution in [3.05, 3.63) is 29.3 Å². The highest BCUT2D eigenvalue weighted by Crippen LogP contribution is 2.21. The van der Waals surface area contributed by atoms with Crippen LogP contribution in [-0.2, 0) is 14.2 Å². The van der Waals surface area contributed by atoms with Crippen LogP contribution in [0.2, 0.25) is 0 Å². The molecule has 0 aliphatic rings. The molecule has 5 nitrogen and oxygen atoms in total. The van der Waals surface area contributed by atoms with E-state index in [1.54, 1.807) is 19.2 Å². The quantitative estimate of drug-likeness (QED) is 0.323. The van der Waals surface area contributed by atoms with E-state index in [0.717, 1.165) is 0 Å². The number of carbonyl (C=O) groups excluding carboxylic acids is 1. The molecule has 19 heavy (non-hydrogen) atoms. The predicted octanol–water partition coefficient (Wildman–Crippen LogP) is 1.45. The third-order valence-corrected chi connectivity index (χ3v) is 2.28. The van der Waals surface area contributed by atoms with Gasteiger partial charge in [-0.15, -0.1) is 6.42 Å². The van der Waals surface area contributed by atoms with Gasteiger partial charge in [-0.05, 0) is 18.2 Å². The molecular weight excluding hydrogens is 248 g/mol. The maximum atomic E-state index is 11.6. The first-order valence-corrected chi connectivity index (χ1v) is 5.61. The molecule has 0 aromatic heterocycles. The van der Waals surface area contributed by atoms with Crippen molar-refractivity contribution in [3.8, 4) is 18.1 Å². The topological polar surface area (TPSA) is 54.0 Å². The average molecular weight is 264 g/mol.